The van der Waals surface area contributed by atoms with Crippen LogP contribution in [0.5, 0.6) is 0 Å². The predicted octanol–water partition coefficient (Wildman–Crippen LogP) is 0.384. The van der Waals surface area contributed by atoms with Crippen molar-refractivity contribution in [3.63, 3.8) is 0 Å². The van der Waals surface area contributed by atoms with Gasteiger partial charge in [0.2, 0.25) is 0 Å². The molecule has 0 saturated carbocycles. The van der Waals surface area contributed by atoms with Gasteiger partial charge in [-0.3, -0.25) is 0 Å². The average molecular weight is 205 g/mol. The second kappa shape index (κ2) is 4.27. The number of nitrogens with zero attached hydrogens (tertiary/aromatic N) is 4. The molecular weight excluding hydrogens is 190 g/mol. The van der Waals surface area contributed by atoms with Crippen LogP contribution in [0.4, 0.5) is 0 Å². The molecule has 0 aromatic carbocycles. The highest BCUT2D eigenvalue weighted by molar-refractivity contribution is 4.99. The van der Waals surface area contributed by atoms with Crippen molar-refractivity contribution in [1.82, 2.24) is 24.4 Å². The molecule has 0 bridgehead atoms. The van der Waals surface area contributed by atoms with E-state index in [4.69, 9.17) is 0 Å². The quantitative estimate of drug-likeness (QED) is 0.785. The van der Waals surface area contributed by atoms with E-state index in [9.17, 15) is 0 Å². The van der Waals surface area contributed by atoms with Crippen LogP contribution < -0.4 is 5.32 Å². The van der Waals surface area contributed by atoms with Gasteiger partial charge < -0.3 is 14.5 Å². The minimum absolute atomic E-state index is 0.764. The van der Waals surface area contributed by atoms with Gasteiger partial charge in [-0.05, 0) is 7.05 Å². The van der Waals surface area contributed by atoms with Gasteiger partial charge in [-0.2, -0.15) is 0 Å². The van der Waals surface area contributed by atoms with E-state index in [1.807, 2.05) is 42.0 Å². The van der Waals surface area contributed by atoms with E-state index >= 15 is 0 Å². The molecule has 80 valence electrons. The summed E-state index contributed by atoms with van der Waals surface area (Å²) in [6.45, 7) is 1.56. The van der Waals surface area contributed by atoms with Crippen LogP contribution in [0.2, 0.25) is 0 Å². The summed E-state index contributed by atoms with van der Waals surface area (Å²) in [5.41, 5.74) is 1.05. The van der Waals surface area contributed by atoms with Gasteiger partial charge in [0.05, 0.1) is 18.6 Å². The van der Waals surface area contributed by atoms with Gasteiger partial charge in [-0.25, -0.2) is 9.97 Å². The number of hydrogen-bond acceptors (Lipinski definition) is 3. The van der Waals surface area contributed by atoms with Gasteiger partial charge in [0.25, 0.3) is 0 Å². The second-order valence-corrected chi connectivity index (χ2v) is 3.52. The zero-order valence-corrected chi connectivity index (χ0v) is 9.01. The lowest BCUT2D eigenvalue weighted by Crippen LogP contribution is -2.06. The Kier molecular flexibility index (Phi) is 2.82. The molecule has 0 radical (unpaired) electrons. The van der Waals surface area contributed by atoms with E-state index in [0.717, 1.165) is 24.6 Å². The smallest absolute Gasteiger partial charge is 0.128 e. The molecule has 5 nitrogen and oxygen atoms in total. The lowest BCUT2D eigenvalue weighted by Gasteiger charge is -2.01. The van der Waals surface area contributed by atoms with Crippen LogP contribution in [-0.4, -0.2) is 26.1 Å². The normalized spacial score (nSPS) is 10.8. The minimum atomic E-state index is 0.764. The molecule has 1 N–H and O–H groups in total. The Labute approximate surface area is 88.8 Å². The van der Waals surface area contributed by atoms with Crippen LogP contribution in [0.1, 0.15) is 11.5 Å². The molecule has 0 fully saturated rings. The van der Waals surface area contributed by atoms with Gasteiger partial charge in [-0.15, -0.1) is 0 Å². The third-order valence-electron chi connectivity index (χ3n) is 2.29. The summed E-state index contributed by atoms with van der Waals surface area (Å²) in [6, 6.07) is 0. The maximum absolute atomic E-state index is 4.28. The zero-order chi connectivity index (χ0) is 10.7. The van der Waals surface area contributed by atoms with Crippen molar-refractivity contribution < 1.29 is 0 Å². The van der Waals surface area contributed by atoms with Crippen LogP contribution >= 0.6 is 0 Å². The Balaban J connectivity index is 2.08. The Morgan fingerprint density at radius 1 is 1.40 bits per heavy atom. The van der Waals surface area contributed by atoms with Gasteiger partial charge in [0.15, 0.2) is 0 Å². The van der Waals surface area contributed by atoms with E-state index in [0.29, 0.717) is 0 Å². The Morgan fingerprint density at radius 2 is 2.27 bits per heavy atom. The number of imidazole rings is 2. The first-order valence-corrected chi connectivity index (χ1v) is 4.91. The molecule has 0 spiro atoms. The largest absolute Gasteiger partial charge is 0.337 e. The van der Waals surface area contributed by atoms with Crippen molar-refractivity contribution in [2.24, 2.45) is 7.05 Å². The van der Waals surface area contributed by atoms with Crippen LogP contribution in [0.25, 0.3) is 0 Å². The monoisotopic (exact) mass is 205 g/mol. The molecule has 0 aliphatic rings. The SMILES string of the molecule is CNCc1cn(Cc2nccn2C)cn1. The number of nitrogens with one attached hydrogen (secondary N) is 1. The van der Waals surface area contributed by atoms with Crippen molar-refractivity contribution in [3.8, 4) is 0 Å². The molecular formula is C10H15N5. The summed E-state index contributed by atoms with van der Waals surface area (Å²) in [5, 5.41) is 3.07. The first-order chi connectivity index (χ1) is 7.29. The van der Waals surface area contributed by atoms with Crippen LogP contribution in [0.3, 0.4) is 0 Å². The van der Waals surface area contributed by atoms with E-state index in [-0.39, 0.29) is 0 Å². The summed E-state index contributed by atoms with van der Waals surface area (Å²) in [5.74, 6) is 1.03. The molecule has 2 aromatic heterocycles. The van der Waals surface area contributed by atoms with Crippen molar-refractivity contribution in [1.29, 1.82) is 0 Å². The number of aryl methyl sites for hydroxylation is 1. The van der Waals surface area contributed by atoms with Crippen molar-refractivity contribution >= 4 is 0 Å². The Bertz CT molecular complexity index is 428. The fraction of sp³-hybridized carbons (Fsp3) is 0.400. The van der Waals surface area contributed by atoms with Crippen molar-refractivity contribution in [2.75, 3.05) is 7.05 Å². The summed E-state index contributed by atoms with van der Waals surface area (Å²) in [7, 11) is 3.91. The highest BCUT2D eigenvalue weighted by Crippen LogP contribution is 2.01. The summed E-state index contributed by atoms with van der Waals surface area (Å²) >= 11 is 0. The number of hydrogen-bond donors (Lipinski definition) is 1. The first kappa shape index (κ1) is 9.92. The van der Waals surface area contributed by atoms with Crippen molar-refractivity contribution in [3.05, 3.63) is 36.4 Å². The lowest BCUT2D eigenvalue weighted by atomic mass is 10.5. The maximum Gasteiger partial charge on any atom is 0.128 e. The van der Waals surface area contributed by atoms with Gasteiger partial charge in [0, 0.05) is 32.2 Å². The summed E-state index contributed by atoms with van der Waals surface area (Å²) < 4.78 is 4.05. The highest BCUT2D eigenvalue weighted by atomic mass is 15.1. The minimum Gasteiger partial charge on any atom is -0.337 e. The fourth-order valence-electron chi connectivity index (χ4n) is 1.48. The molecule has 2 rings (SSSR count). The van der Waals surface area contributed by atoms with Crippen LogP contribution in [-0.2, 0) is 20.1 Å². The summed E-state index contributed by atoms with van der Waals surface area (Å²) in [4.78, 5) is 8.54. The van der Waals surface area contributed by atoms with Crippen molar-refractivity contribution in [2.45, 2.75) is 13.1 Å². The van der Waals surface area contributed by atoms with E-state index in [1.165, 1.54) is 0 Å². The van der Waals surface area contributed by atoms with Gasteiger partial charge in [-0.1, -0.05) is 0 Å². The molecule has 0 amide bonds. The number of rotatable bonds is 4. The van der Waals surface area contributed by atoms with E-state index in [2.05, 4.69) is 15.3 Å². The Morgan fingerprint density at radius 3 is 2.93 bits per heavy atom. The molecule has 0 atom stereocenters. The van der Waals surface area contributed by atoms with Crippen LogP contribution in [0, 0.1) is 0 Å². The molecule has 15 heavy (non-hydrogen) atoms. The fourth-order valence-corrected chi connectivity index (χ4v) is 1.48. The van der Waals surface area contributed by atoms with Gasteiger partial charge in [0.1, 0.15) is 5.82 Å². The zero-order valence-electron chi connectivity index (χ0n) is 9.01. The molecule has 2 heterocycles. The molecule has 2 aromatic rings. The predicted molar refractivity (Wildman–Crippen MR) is 57.3 cm³/mol. The van der Waals surface area contributed by atoms with E-state index < -0.39 is 0 Å². The second-order valence-electron chi connectivity index (χ2n) is 3.52. The van der Waals surface area contributed by atoms with Gasteiger partial charge >= 0.3 is 0 Å². The topological polar surface area (TPSA) is 47.7 Å². The maximum atomic E-state index is 4.28. The Hall–Kier alpha value is -1.62. The third-order valence-corrected chi connectivity index (χ3v) is 2.29. The lowest BCUT2D eigenvalue weighted by molar-refractivity contribution is 0.697. The van der Waals surface area contributed by atoms with E-state index in [1.54, 1.807) is 6.20 Å². The third kappa shape index (κ3) is 2.24. The summed E-state index contributed by atoms with van der Waals surface area (Å²) in [6.07, 6.45) is 7.62. The highest BCUT2D eigenvalue weighted by Gasteiger charge is 2.01. The molecule has 0 unspecified atom stereocenters. The first-order valence-electron chi connectivity index (χ1n) is 4.91. The van der Waals surface area contributed by atoms with Crippen LogP contribution in [0.15, 0.2) is 24.9 Å². The molecule has 0 aliphatic carbocycles. The molecule has 5 heteroatoms. The standard InChI is InChI=1S/C10H15N5/c1-11-5-9-6-15(8-13-9)7-10-12-3-4-14(10)2/h3-4,6,8,11H,5,7H2,1-2H3. The molecule has 0 saturated heterocycles. The molecule has 0 aliphatic heterocycles. The average Bonchev–Trinajstić information content (AvgIpc) is 2.79. The number of aromatic nitrogens is 4.